The smallest absolute Gasteiger partial charge is 0.0298 e. The summed E-state index contributed by atoms with van der Waals surface area (Å²) in [7, 11) is 4.10. The van der Waals surface area contributed by atoms with Crippen LogP contribution < -0.4 is 0 Å². The summed E-state index contributed by atoms with van der Waals surface area (Å²) >= 11 is 0. The van der Waals surface area contributed by atoms with Gasteiger partial charge in [-0.2, -0.15) is 0 Å². The summed E-state index contributed by atoms with van der Waals surface area (Å²) in [6, 6.07) is 0. The predicted octanol–water partition coefficient (Wildman–Crippen LogP) is 4.77. The lowest BCUT2D eigenvalue weighted by atomic mass is 9.67. The van der Waals surface area contributed by atoms with E-state index in [0.717, 1.165) is 0 Å². The van der Waals surface area contributed by atoms with Gasteiger partial charge in [0.05, 0.1) is 0 Å². The van der Waals surface area contributed by atoms with Gasteiger partial charge in [0, 0.05) is 21.1 Å². The second-order valence-corrected chi connectivity index (χ2v) is 6.17. The van der Waals surface area contributed by atoms with E-state index >= 15 is 0 Å². The largest absolute Gasteiger partial charge is 0.0745 e. The van der Waals surface area contributed by atoms with Crippen molar-refractivity contribution >= 4 is 10.2 Å². The minimum Gasteiger partial charge on any atom is -0.0745 e. The Bertz CT molecular complexity index is 336. The van der Waals surface area contributed by atoms with Gasteiger partial charge in [-0.15, -0.1) is 0 Å². The number of allylic oxidation sites excluding steroid dienone is 8. The molecule has 0 aromatic heterocycles. The maximum absolute atomic E-state index is 4.10. The first-order valence-corrected chi connectivity index (χ1v) is 7.72. The first-order chi connectivity index (χ1) is 8.69. The SMILES string of the molecule is CCCC1(C([Si])C2(CCC)C=CC=C2)C=CC=C1. The maximum Gasteiger partial charge on any atom is 0.0298 e. The van der Waals surface area contributed by atoms with E-state index in [1.807, 2.05) is 0 Å². The van der Waals surface area contributed by atoms with Crippen molar-refractivity contribution in [2.24, 2.45) is 10.8 Å². The first kappa shape index (κ1) is 13.6. The molecular weight excluding hydrogens is 232 g/mol. The van der Waals surface area contributed by atoms with Gasteiger partial charge in [-0.1, -0.05) is 75.3 Å². The summed E-state index contributed by atoms with van der Waals surface area (Å²) in [5.41, 5.74) is 0.800. The zero-order valence-electron chi connectivity index (χ0n) is 11.5. The van der Waals surface area contributed by atoms with Crippen LogP contribution in [0.15, 0.2) is 48.6 Å². The van der Waals surface area contributed by atoms with Gasteiger partial charge in [-0.25, -0.2) is 0 Å². The number of hydrogen-bond donors (Lipinski definition) is 0. The monoisotopic (exact) mass is 255 g/mol. The van der Waals surface area contributed by atoms with Crippen LogP contribution in [0.3, 0.4) is 0 Å². The lowest BCUT2D eigenvalue weighted by Gasteiger charge is -2.43. The van der Waals surface area contributed by atoms with Gasteiger partial charge >= 0.3 is 0 Å². The summed E-state index contributed by atoms with van der Waals surface area (Å²) in [6.07, 6.45) is 23.2. The van der Waals surface area contributed by atoms with E-state index in [-0.39, 0.29) is 10.8 Å². The van der Waals surface area contributed by atoms with Crippen LogP contribution in [0.2, 0.25) is 5.54 Å². The molecule has 0 amide bonds. The third-order valence-corrected chi connectivity index (χ3v) is 5.36. The second kappa shape index (κ2) is 5.44. The van der Waals surface area contributed by atoms with Gasteiger partial charge in [-0.3, -0.25) is 0 Å². The van der Waals surface area contributed by atoms with E-state index in [2.05, 4.69) is 72.7 Å². The maximum atomic E-state index is 4.10. The molecule has 0 spiro atoms. The highest BCUT2D eigenvalue weighted by Crippen LogP contribution is 2.54. The van der Waals surface area contributed by atoms with E-state index in [1.54, 1.807) is 0 Å². The van der Waals surface area contributed by atoms with E-state index < -0.39 is 0 Å². The lowest BCUT2D eigenvalue weighted by molar-refractivity contribution is 0.287. The van der Waals surface area contributed by atoms with Gasteiger partial charge < -0.3 is 0 Å². The molecule has 0 aliphatic heterocycles. The quantitative estimate of drug-likeness (QED) is 0.600. The zero-order valence-corrected chi connectivity index (χ0v) is 12.5. The Labute approximate surface area is 115 Å². The molecule has 3 radical (unpaired) electrons. The summed E-state index contributed by atoms with van der Waals surface area (Å²) in [5, 5.41) is 0. The van der Waals surface area contributed by atoms with Crippen molar-refractivity contribution in [1.29, 1.82) is 0 Å². The fraction of sp³-hybridized carbons (Fsp3) is 0.529. The highest BCUT2D eigenvalue weighted by molar-refractivity contribution is 6.13. The second-order valence-electron chi connectivity index (χ2n) is 5.59. The summed E-state index contributed by atoms with van der Waals surface area (Å²) < 4.78 is 0. The molecular formula is C17H23Si. The normalized spacial score (nSPS) is 22.4. The van der Waals surface area contributed by atoms with Crippen molar-refractivity contribution in [3.8, 4) is 0 Å². The van der Waals surface area contributed by atoms with Crippen molar-refractivity contribution < 1.29 is 0 Å². The molecule has 0 aromatic carbocycles. The molecule has 0 aromatic rings. The molecule has 0 bridgehead atoms. The summed E-state index contributed by atoms with van der Waals surface area (Å²) in [4.78, 5) is 0. The molecule has 1 heteroatoms. The van der Waals surface area contributed by atoms with Crippen LogP contribution in [-0.4, -0.2) is 10.2 Å². The molecule has 0 saturated heterocycles. The number of rotatable bonds is 6. The Morgan fingerprint density at radius 2 is 1.11 bits per heavy atom. The molecule has 2 rings (SSSR count). The molecule has 0 unspecified atom stereocenters. The highest BCUT2D eigenvalue weighted by atomic mass is 28.1. The molecule has 2 aliphatic rings. The predicted molar refractivity (Wildman–Crippen MR) is 80.7 cm³/mol. The van der Waals surface area contributed by atoms with E-state index in [1.165, 1.54) is 25.7 Å². The van der Waals surface area contributed by atoms with Crippen LogP contribution in [0.25, 0.3) is 0 Å². The van der Waals surface area contributed by atoms with Crippen molar-refractivity contribution in [3.05, 3.63) is 48.6 Å². The van der Waals surface area contributed by atoms with Crippen LogP contribution in [0.1, 0.15) is 39.5 Å². The molecule has 18 heavy (non-hydrogen) atoms. The molecule has 0 nitrogen and oxygen atoms in total. The van der Waals surface area contributed by atoms with Crippen molar-refractivity contribution in [3.63, 3.8) is 0 Å². The van der Waals surface area contributed by atoms with E-state index in [0.29, 0.717) is 5.54 Å². The third kappa shape index (κ3) is 2.21. The van der Waals surface area contributed by atoms with Gasteiger partial charge in [0.15, 0.2) is 0 Å². The van der Waals surface area contributed by atoms with Crippen molar-refractivity contribution in [2.75, 3.05) is 0 Å². The summed E-state index contributed by atoms with van der Waals surface area (Å²) in [5.74, 6) is 0. The van der Waals surface area contributed by atoms with Gasteiger partial charge in [0.1, 0.15) is 0 Å². The Hall–Kier alpha value is -0.823. The molecule has 0 heterocycles. The van der Waals surface area contributed by atoms with Crippen LogP contribution in [-0.2, 0) is 0 Å². The number of hydrogen-bond acceptors (Lipinski definition) is 0. The average Bonchev–Trinajstić information content (AvgIpc) is 3.00. The lowest BCUT2D eigenvalue weighted by Crippen LogP contribution is -2.33. The third-order valence-electron chi connectivity index (χ3n) is 4.29. The van der Waals surface area contributed by atoms with Gasteiger partial charge in [0.2, 0.25) is 0 Å². The topological polar surface area (TPSA) is 0 Å². The molecule has 2 aliphatic carbocycles. The van der Waals surface area contributed by atoms with Gasteiger partial charge in [0.25, 0.3) is 0 Å². The van der Waals surface area contributed by atoms with Crippen LogP contribution in [0, 0.1) is 10.8 Å². The van der Waals surface area contributed by atoms with Crippen LogP contribution >= 0.6 is 0 Å². The molecule has 0 N–H and O–H groups in total. The van der Waals surface area contributed by atoms with Crippen molar-refractivity contribution in [1.82, 2.24) is 0 Å². The van der Waals surface area contributed by atoms with Crippen LogP contribution in [0.4, 0.5) is 0 Å². The fourth-order valence-corrected chi connectivity index (χ4v) is 4.10. The van der Waals surface area contributed by atoms with E-state index in [4.69, 9.17) is 0 Å². The molecule has 0 fully saturated rings. The zero-order chi connectivity index (χ0) is 13.1. The molecule has 0 atom stereocenters. The Morgan fingerprint density at radius 3 is 1.39 bits per heavy atom. The molecule has 95 valence electrons. The fourth-order valence-electron chi connectivity index (χ4n) is 3.42. The molecule has 0 saturated carbocycles. The van der Waals surface area contributed by atoms with Crippen LogP contribution in [0.5, 0.6) is 0 Å². The summed E-state index contributed by atoms with van der Waals surface area (Å²) in [6.45, 7) is 4.54. The average molecular weight is 255 g/mol. The Kier molecular flexibility index (Phi) is 4.11. The minimum absolute atomic E-state index is 0.180. The minimum atomic E-state index is 0.180. The van der Waals surface area contributed by atoms with Crippen molar-refractivity contribution in [2.45, 2.75) is 45.1 Å². The first-order valence-electron chi connectivity index (χ1n) is 7.14. The van der Waals surface area contributed by atoms with Gasteiger partial charge in [-0.05, 0) is 18.4 Å². The highest BCUT2D eigenvalue weighted by Gasteiger charge is 2.43. The van der Waals surface area contributed by atoms with E-state index in [9.17, 15) is 0 Å². The Morgan fingerprint density at radius 1 is 0.778 bits per heavy atom. The Balaban J connectivity index is 2.30. The standard InChI is InChI=1S/C17H23Si/c1-3-9-16(11-5-6-12-16)15(18)17(10-4-2)13-7-8-14-17/h5-8,11-15H,3-4,9-10H2,1-2H3.